The van der Waals surface area contributed by atoms with Gasteiger partial charge in [0.2, 0.25) is 0 Å². The average molecular weight is 152 g/mol. The minimum atomic E-state index is -0.545. The van der Waals surface area contributed by atoms with Gasteiger partial charge in [0.1, 0.15) is 0 Å². The van der Waals surface area contributed by atoms with Crippen molar-refractivity contribution in [2.75, 3.05) is 0 Å². The van der Waals surface area contributed by atoms with Crippen LogP contribution in [0.1, 0.15) is 19.3 Å². The third-order valence-electron chi connectivity index (χ3n) is 4.23. The van der Waals surface area contributed by atoms with Crippen LogP contribution in [-0.2, 0) is 4.79 Å². The van der Waals surface area contributed by atoms with Gasteiger partial charge >= 0.3 is 5.97 Å². The molecule has 0 aromatic heterocycles. The van der Waals surface area contributed by atoms with Crippen molar-refractivity contribution >= 4 is 5.97 Å². The van der Waals surface area contributed by atoms with E-state index in [9.17, 15) is 4.79 Å². The summed E-state index contributed by atoms with van der Waals surface area (Å²) >= 11 is 0. The Labute approximate surface area is 65.6 Å². The van der Waals surface area contributed by atoms with E-state index in [2.05, 4.69) is 0 Å². The zero-order chi connectivity index (χ0) is 7.59. The summed E-state index contributed by atoms with van der Waals surface area (Å²) in [4.78, 5) is 10.6. The highest BCUT2D eigenvalue weighted by Gasteiger charge is 2.65. The molecule has 1 unspecified atom stereocenters. The van der Waals surface area contributed by atoms with Crippen LogP contribution < -0.4 is 0 Å². The fourth-order valence-corrected chi connectivity index (χ4v) is 3.47. The lowest BCUT2D eigenvalue weighted by Gasteiger charge is -2.68. The van der Waals surface area contributed by atoms with Crippen LogP contribution in [0.4, 0.5) is 0 Å². The number of fused-ring (bicyclic) bond motifs is 4. The molecule has 0 amide bonds. The second kappa shape index (κ2) is 1.62. The van der Waals surface area contributed by atoms with Gasteiger partial charge in [0.25, 0.3) is 0 Å². The normalized spacial score (nSPS) is 57.6. The molecule has 5 atom stereocenters. The second-order valence-electron chi connectivity index (χ2n) is 4.33. The molecule has 3 fully saturated rings. The zero-order valence-corrected chi connectivity index (χ0v) is 6.36. The molecule has 0 spiro atoms. The fraction of sp³-hybridized carbons (Fsp3) is 0.889. The summed E-state index contributed by atoms with van der Waals surface area (Å²) in [6.07, 6.45) is 3.69. The molecule has 1 N–H and O–H groups in total. The van der Waals surface area contributed by atoms with Gasteiger partial charge in [-0.2, -0.15) is 0 Å². The molecule has 0 saturated heterocycles. The van der Waals surface area contributed by atoms with Crippen molar-refractivity contribution in [2.45, 2.75) is 19.3 Å². The summed E-state index contributed by atoms with van der Waals surface area (Å²) in [5.41, 5.74) is 0. The largest absolute Gasteiger partial charge is 0.481 e. The van der Waals surface area contributed by atoms with Gasteiger partial charge < -0.3 is 5.11 Å². The minimum absolute atomic E-state index is 0.0431. The van der Waals surface area contributed by atoms with E-state index in [4.69, 9.17) is 5.11 Å². The summed E-state index contributed by atoms with van der Waals surface area (Å²) in [6, 6.07) is 0. The molecule has 3 aliphatic rings. The lowest BCUT2D eigenvalue weighted by Crippen LogP contribution is -2.64. The van der Waals surface area contributed by atoms with E-state index < -0.39 is 5.97 Å². The first-order chi connectivity index (χ1) is 5.29. The maximum atomic E-state index is 10.6. The standard InChI is InChI=1S/C9H12O2/c10-9(11)7-3-6-4-1-2-5(4)8(6)7/h4-8H,1-3H2,(H,10,11)/t4-,5+,6+,7?,8-/m0/s1. The first kappa shape index (κ1) is 6.04. The van der Waals surface area contributed by atoms with E-state index in [1.165, 1.54) is 12.8 Å². The van der Waals surface area contributed by atoms with Crippen LogP contribution in [0.3, 0.4) is 0 Å². The molecular weight excluding hydrogens is 140 g/mol. The Morgan fingerprint density at radius 1 is 1.18 bits per heavy atom. The molecule has 3 saturated carbocycles. The summed E-state index contributed by atoms with van der Waals surface area (Å²) in [7, 11) is 0. The Kier molecular flexibility index (Phi) is 0.890. The average Bonchev–Trinajstić information content (AvgIpc) is 1.88. The van der Waals surface area contributed by atoms with Crippen molar-refractivity contribution < 1.29 is 9.90 Å². The second-order valence-corrected chi connectivity index (χ2v) is 4.33. The van der Waals surface area contributed by atoms with Crippen molar-refractivity contribution in [1.29, 1.82) is 0 Å². The predicted molar refractivity (Wildman–Crippen MR) is 38.9 cm³/mol. The maximum absolute atomic E-state index is 10.6. The molecule has 0 aliphatic heterocycles. The van der Waals surface area contributed by atoms with Gasteiger partial charge in [-0.25, -0.2) is 0 Å². The number of carbonyl (C=O) groups is 1. The Hall–Kier alpha value is -0.530. The highest BCUT2D eigenvalue weighted by atomic mass is 16.4. The smallest absolute Gasteiger partial charge is 0.306 e. The maximum Gasteiger partial charge on any atom is 0.306 e. The van der Waals surface area contributed by atoms with E-state index in [-0.39, 0.29) is 5.92 Å². The summed E-state index contributed by atoms with van der Waals surface area (Å²) in [5, 5.41) is 8.78. The molecule has 0 radical (unpaired) electrons. The minimum Gasteiger partial charge on any atom is -0.481 e. The van der Waals surface area contributed by atoms with Gasteiger partial charge in [-0.3, -0.25) is 4.79 Å². The molecule has 2 nitrogen and oxygen atoms in total. The molecule has 0 aromatic rings. The van der Waals surface area contributed by atoms with Crippen LogP contribution in [0.15, 0.2) is 0 Å². The Morgan fingerprint density at radius 3 is 2.36 bits per heavy atom. The third-order valence-corrected chi connectivity index (χ3v) is 4.23. The Balaban J connectivity index is 1.75. The Bertz CT molecular complexity index is 218. The highest BCUT2D eigenvalue weighted by molar-refractivity contribution is 5.72. The van der Waals surface area contributed by atoms with Crippen LogP contribution in [0.25, 0.3) is 0 Å². The van der Waals surface area contributed by atoms with Crippen molar-refractivity contribution in [3.05, 3.63) is 0 Å². The lowest BCUT2D eigenvalue weighted by molar-refractivity contribution is -0.215. The number of hydrogen-bond acceptors (Lipinski definition) is 1. The highest BCUT2D eigenvalue weighted by Crippen LogP contribution is 2.69. The summed E-state index contributed by atoms with van der Waals surface area (Å²) in [5.74, 6) is 2.71. The van der Waals surface area contributed by atoms with Gasteiger partial charge in [-0.15, -0.1) is 0 Å². The fourth-order valence-electron chi connectivity index (χ4n) is 3.47. The number of carboxylic acids is 1. The topological polar surface area (TPSA) is 37.3 Å². The molecule has 3 aliphatic carbocycles. The first-order valence-electron chi connectivity index (χ1n) is 4.52. The zero-order valence-electron chi connectivity index (χ0n) is 6.36. The third kappa shape index (κ3) is 0.501. The molecule has 11 heavy (non-hydrogen) atoms. The van der Waals surface area contributed by atoms with Crippen LogP contribution in [-0.4, -0.2) is 11.1 Å². The monoisotopic (exact) mass is 152 g/mol. The van der Waals surface area contributed by atoms with E-state index in [0.717, 1.165) is 24.2 Å². The van der Waals surface area contributed by atoms with E-state index in [1.807, 2.05) is 0 Å². The molecule has 3 rings (SSSR count). The van der Waals surface area contributed by atoms with Crippen molar-refractivity contribution in [1.82, 2.24) is 0 Å². The predicted octanol–water partition coefficient (Wildman–Crippen LogP) is 1.36. The van der Waals surface area contributed by atoms with Crippen LogP contribution in [0.2, 0.25) is 0 Å². The van der Waals surface area contributed by atoms with E-state index in [0.29, 0.717) is 5.92 Å². The lowest BCUT2D eigenvalue weighted by atomic mass is 9.36. The van der Waals surface area contributed by atoms with Gasteiger partial charge in [0.05, 0.1) is 5.92 Å². The summed E-state index contributed by atoms with van der Waals surface area (Å²) in [6.45, 7) is 0. The number of carboxylic acid groups (broad SMARTS) is 1. The number of hydrogen-bond donors (Lipinski definition) is 1. The van der Waals surface area contributed by atoms with E-state index in [1.54, 1.807) is 0 Å². The van der Waals surface area contributed by atoms with Crippen LogP contribution in [0, 0.1) is 29.6 Å². The molecule has 0 bridgehead atoms. The Morgan fingerprint density at radius 2 is 1.91 bits per heavy atom. The molecule has 0 heterocycles. The molecule has 60 valence electrons. The SMILES string of the molecule is O=C(O)C1C[C@@H]2[C@H]3CC[C@H]3[C@H]12. The summed E-state index contributed by atoms with van der Waals surface area (Å²) < 4.78 is 0. The van der Waals surface area contributed by atoms with Gasteiger partial charge in [-0.05, 0) is 42.9 Å². The first-order valence-corrected chi connectivity index (χ1v) is 4.52. The van der Waals surface area contributed by atoms with Gasteiger partial charge in [0.15, 0.2) is 0 Å². The van der Waals surface area contributed by atoms with Crippen molar-refractivity contribution in [3.8, 4) is 0 Å². The molecule has 2 heteroatoms. The quantitative estimate of drug-likeness (QED) is 0.616. The van der Waals surface area contributed by atoms with Crippen LogP contribution in [0.5, 0.6) is 0 Å². The van der Waals surface area contributed by atoms with Gasteiger partial charge in [-0.1, -0.05) is 0 Å². The van der Waals surface area contributed by atoms with Crippen LogP contribution >= 0.6 is 0 Å². The molecule has 0 aromatic carbocycles. The van der Waals surface area contributed by atoms with Crippen molar-refractivity contribution in [3.63, 3.8) is 0 Å². The van der Waals surface area contributed by atoms with Crippen molar-refractivity contribution in [2.24, 2.45) is 29.6 Å². The number of aliphatic carboxylic acids is 1. The molecular formula is C9H12O2. The van der Waals surface area contributed by atoms with Gasteiger partial charge in [0, 0.05) is 0 Å². The number of rotatable bonds is 1. The van der Waals surface area contributed by atoms with E-state index >= 15 is 0 Å².